The number of hydrogen-bond donors (Lipinski definition) is 2. The van der Waals surface area contributed by atoms with Crippen LogP contribution in [0.2, 0.25) is 0 Å². The van der Waals surface area contributed by atoms with Crippen molar-refractivity contribution in [2.24, 2.45) is 5.92 Å². The zero-order valence-corrected chi connectivity index (χ0v) is 14.8. The number of carbonyl (C=O) groups excluding carboxylic acids is 1. The van der Waals surface area contributed by atoms with Crippen LogP contribution in [-0.2, 0) is 11.3 Å². The molecule has 2 N–H and O–H groups in total. The van der Waals surface area contributed by atoms with Gasteiger partial charge in [-0.3, -0.25) is 4.90 Å². The van der Waals surface area contributed by atoms with Crippen LogP contribution >= 0.6 is 0 Å². The fourth-order valence-electron chi connectivity index (χ4n) is 4.66. The summed E-state index contributed by atoms with van der Waals surface area (Å²) in [6.07, 6.45) is 5.72. The summed E-state index contributed by atoms with van der Waals surface area (Å²) in [6.45, 7) is 3.38. The smallest absolute Gasteiger partial charge is 0.315 e. The maximum absolute atomic E-state index is 12.2. The van der Waals surface area contributed by atoms with Crippen LogP contribution in [0.15, 0.2) is 30.3 Å². The van der Waals surface area contributed by atoms with Gasteiger partial charge < -0.3 is 15.4 Å². The van der Waals surface area contributed by atoms with Crippen LogP contribution in [0.5, 0.6) is 0 Å². The number of nitrogens with zero attached hydrogens (tertiary/aromatic N) is 1. The molecule has 1 aromatic carbocycles. The molecule has 1 unspecified atom stereocenters. The van der Waals surface area contributed by atoms with Gasteiger partial charge in [-0.2, -0.15) is 0 Å². The first-order valence-electron chi connectivity index (χ1n) is 9.69. The molecule has 0 saturated carbocycles. The highest BCUT2D eigenvalue weighted by molar-refractivity contribution is 5.74. The zero-order valence-electron chi connectivity index (χ0n) is 14.8. The molecule has 25 heavy (non-hydrogen) atoms. The minimum atomic E-state index is -0.00666. The summed E-state index contributed by atoms with van der Waals surface area (Å²) >= 11 is 0. The van der Waals surface area contributed by atoms with E-state index >= 15 is 0 Å². The summed E-state index contributed by atoms with van der Waals surface area (Å²) in [7, 11) is 0. The molecule has 0 aliphatic carbocycles. The van der Waals surface area contributed by atoms with Crippen molar-refractivity contribution in [1.82, 2.24) is 15.5 Å². The minimum absolute atomic E-state index is 0.00666. The van der Waals surface area contributed by atoms with Gasteiger partial charge in [0.15, 0.2) is 0 Å². The normalized spacial score (nSPS) is 31.8. The molecule has 0 radical (unpaired) electrons. The fourth-order valence-corrected chi connectivity index (χ4v) is 4.66. The van der Waals surface area contributed by atoms with E-state index in [4.69, 9.17) is 4.74 Å². The van der Waals surface area contributed by atoms with Crippen LogP contribution in [0.3, 0.4) is 0 Å². The Bertz CT molecular complexity index is 560. The summed E-state index contributed by atoms with van der Waals surface area (Å²) < 4.78 is 5.36. The molecule has 2 amide bonds. The molecule has 136 valence electrons. The first kappa shape index (κ1) is 16.9. The van der Waals surface area contributed by atoms with E-state index < -0.39 is 0 Å². The molecule has 5 nitrogen and oxygen atoms in total. The van der Waals surface area contributed by atoms with Crippen molar-refractivity contribution >= 4 is 6.03 Å². The SMILES string of the molecule is O=C(NC[C@@H]1CCOC1)NC1C[C@H]2CC[C@@H](C1)N2Cc1ccccc1. The maximum Gasteiger partial charge on any atom is 0.315 e. The Hall–Kier alpha value is -1.59. The Balaban J connectivity index is 1.25. The standard InChI is InChI=1S/C20H29N3O2/c24-20(21-12-16-8-9-25-14-16)22-17-10-18-6-7-19(11-17)23(18)13-15-4-2-1-3-5-15/h1-5,16-19H,6-14H2,(H2,21,22,24)/t16-,17?,18-,19+/m0/s1. The van der Waals surface area contributed by atoms with Gasteiger partial charge in [-0.15, -0.1) is 0 Å². The predicted molar refractivity (Wildman–Crippen MR) is 97.3 cm³/mol. The van der Waals surface area contributed by atoms with Crippen molar-refractivity contribution in [2.75, 3.05) is 19.8 Å². The maximum atomic E-state index is 12.2. The van der Waals surface area contributed by atoms with Crippen molar-refractivity contribution in [2.45, 2.75) is 56.8 Å². The van der Waals surface area contributed by atoms with E-state index in [1.807, 2.05) is 0 Å². The third-order valence-corrected chi connectivity index (χ3v) is 6.00. The van der Waals surface area contributed by atoms with Crippen molar-refractivity contribution in [3.63, 3.8) is 0 Å². The van der Waals surface area contributed by atoms with E-state index in [0.717, 1.165) is 45.6 Å². The predicted octanol–water partition coefficient (Wildman–Crippen LogP) is 2.52. The van der Waals surface area contributed by atoms with Gasteiger partial charge in [0.2, 0.25) is 0 Å². The summed E-state index contributed by atoms with van der Waals surface area (Å²) in [5, 5.41) is 6.24. The van der Waals surface area contributed by atoms with E-state index in [0.29, 0.717) is 24.0 Å². The Morgan fingerprint density at radius 2 is 1.88 bits per heavy atom. The molecule has 0 spiro atoms. The minimum Gasteiger partial charge on any atom is -0.381 e. The fraction of sp³-hybridized carbons (Fsp3) is 0.650. The monoisotopic (exact) mass is 343 g/mol. The van der Waals surface area contributed by atoms with E-state index in [1.54, 1.807) is 0 Å². The van der Waals surface area contributed by atoms with Crippen molar-refractivity contribution in [1.29, 1.82) is 0 Å². The van der Waals surface area contributed by atoms with Gasteiger partial charge >= 0.3 is 6.03 Å². The first-order chi connectivity index (χ1) is 12.3. The second-order valence-corrected chi connectivity index (χ2v) is 7.80. The van der Waals surface area contributed by atoms with Gasteiger partial charge in [-0.1, -0.05) is 30.3 Å². The van der Waals surface area contributed by atoms with Gasteiger partial charge in [0.1, 0.15) is 0 Å². The largest absolute Gasteiger partial charge is 0.381 e. The quantitative estimate of drug-likeness (QED) is 0.864. The second kappa shape index (κ2) is 7.75. The summed E-state index contributed by atoms with van der Waals surface area (Å²) in [5.41, 5.74) is 1.39. The molecule has 1 aromatic rings. The van der Waals surface area contributed by atoms with Crippen LogP contribution in [0.4, 0.5) is 4.79 Å². The second-order valence-electron chi connectivity index (χ2n) is 7.80. The Labute approximate surface area is 150 Å². The third kappa shape index (κ3) is 4.15. The number of piperidine rings is 1. The van der Waals surface area contributed by atoms with Crippen LogP contribution in [0, 0.1) is 5.92 Å². The molecule has 4 atom stereocenters. The van der Waals surface area contributed by atoms with Crippen molar-refractivity contribution in [3.05, 3.63) is 35.9 Å². The number of fused-ring (bicyclic) bond motifs is 2. The zero-order chi connectivity index (χ0) is 17.1. The number of hydrogen-bond acceptors (Lipinski definition) is 3. The van der Waals surface area contributed by atoms with Crippen molar-refractivity contribution in [3.8, 4) is 0 Å². The summed E-state index contributed by atoms with van der Waals surface area (Å²) in [4.78, 5) is 14.9. The Kier molecular flexibility index (Phi) is 5.22. The molecule has 3 fully saturated rings. The lowest BCUT2D eigenvalue weighted by atomic mass is 9.96. The van der Waals surface area contributed by atoms with Crippen LogP contribution in [0.25, 0.3) is 0 Å². The van der Waals surface area contributed by atoms with Crippen LogP contribution < -0.4 is 10.6 Å². The molecule has 3 aliphatic heterocycles. The summed E-state index contributed by atoms with van der Waals surface area (Å²) in [6, 6.07) is 12.2. The number of benzene rings is 1. The molecule has 0 aromatic heterocycles. The molecular weight excluding hydrogens is 314 g/mol. The number of carbonyl (C=O) groups is 1. The number of urea groups is 1. The van der Waals surface area contributed by atoms with Crippen LogP contribution in [-0.4, -0.2) is 48.8 Å². The van der Waals surface area contributed by atoms with Crippen molar-refractivity contribution < 1.29 is 9.53 Å². The molecule has 3 aliphatic rings. The number of rotatable bonds is 5. The lowest BCUT2D eigenvalue weighted by Crippen LogP contribution is -2.52. The van der Waals surface area contributed by atoms with Gasteiger partial charge in [0.25, 0.3) is 0 Å². The van der Waals surface area contributed by atoms with E-state index in [-0.39, 0.29) is 6.03 Å². The van der Waals surface area contributed by atoms with Gasteiger partial charge in [-0.25, -0.2) is 4.79 Å². The topological polar surface area (TPSA) is 53.6 Å². The van der Waals surface area contributed by atoms with E-state index in [9.17, 15) is 4.79 Å². The van der Waals surface area contributed by atoms with E-state index in [1.165, 1.54) is 18.4 Å². The number of amides is 2. The average Bonchev–Trinajstić information content (AvgIpc) is 3.21. The molecular formula is C20H29N3O2. The Morgan fingerprint density at radius 3 is 2.56 bits per heavy atom. The highest BCUT2D eigenvalue weighted by Crippen LogP contribution is 2.36. The lowest BCUT2D eigenvalue weighted by Gasteiger charge is -2.39. The molecule has 5 heteroatoms. The highest BCUT2D eigenvalue weighted by Gasteiger charge is 2.40. The first-order valence-corrected chi connectivity index (χ1v) is 9.69. The van der Waals surface area contributed by atoms with Crippen LogP contribution in [0.1, 0.15) is 37.7 Å². The molecule has 4 rings (SSSR count). The van der Waals surface area contributed by atoms with Gasteiger partial charge in [-0.05, 0) is 37.7 Å². The van der Waals surface area contributed by atoms with Gasteiger partial charge in [0, 0.05) is 43.7 Å². The Morgan fingerprint density at radius 1 is 1.12 bits per heavy atom. The molecule has 2 bridgehead atoms. The highest BCUT2D eigenvalue weighted by atomic mass is 16.5. The average molecular weight is 343 g/mol. The number of ether oxygens (including phenoxy) is 1. The third-order valence-electron chi connectivity index (χ3n) is 6.00. The molecule has 3 heterocycles. The molecule has 3 saturated heterocycles. The lowest BCUT2D eigenvalue weighted by molar-refractivity contribution is 0.111. The van der Waals surface area contributed by atoms with Gasteiger partial charge in [0.05, 0.1) is 6.61 Å². The number of nitrogens with one attached hydrogen (secondary N) is 2. The van der Waals surface area contributed by atoms with E-state index in [2.05, 4.69) is 45.9 Å². The summed E-state index contributed by atoms with van der Waals surface area (Å²) in [5.74, 6) is 0.481.